The predicted molar refractivity (Wildman–Crippen MR) is 85.5 cm³/mol. The van der Waals surface area contributed by atoms with E-state index >= 15 is 0 Å². The van der Waals surface area contributed by atoms with Gasteiger partial charge in [0.25, 0.3) is 11.8 Å². The first-order valence-electron chi connectivity index (χ1n) is 7.80. The highest BCUT2D eigenvalue weighted by Gasteiger charge is 2.27. The summed E-state index contributed by atoms with van der Waals surface area (Å²) in [6, 6.07) is 2.80. The molecule has 6 nitrogen and oxygen atoms in total. The second kappa shape index (κ2) is 6.82. The molecule has 0 aromatic carbocycles. The third kappa shape index (κ3) is 3.29. The van der Waals surface area contributed by atoms with Crippen molar-refractivity contribution in [2.24, 2.45) is 0 Å². The third-order valence-electron chi connectivity index (χ3n) is 4.09. The highest BCUT2D eigenvalue weighted by atomic mass is 19.1. The number of nitrogens with one attached hydrogen (secondary N) is 1. The normalized spacial score (nSPS) is 15.3. The van der Waals surface area contributed by atoms with Crippen LogP contribution in [0, 0.1) is 12.7 Å². The van der Waals surface area contributed by atoms with Gasteiger partial charge in [0.2, 0.25) is 0 Å². The first kappa shape index (κ1) is 16.2. The van der Waals surface area contributed by atoms with Crippen molar-refractivity contribution in [2.75, 3.05) is 13.1 Å². The SMILES string of the molecule is Cc1c[nH]cc(C(=O)N2CCC(Oc3ncccc3F)CC2)c1=O. The summed E-state index contributed by atoms with van der Waals surface area (Å²) in [5.74, 6) is -0.804. The van der Waals surface area contributed by atoms with Crippen LogP contribution in [0.25, 0.3) is 0 Å². The van der Waals surface area contributed by atoms with Crippen molar-refractivity contribution in [2.45, 2.75) is 25.9 Å². The molecule has 0 radical (unpaired) electrons. The van der Waals surface area contributed by atoms with Crippen LogP contribution in [0.2, 0.25) is 0 Å². The molecule has 7 heteroatoms. The molecule has 0 saturated carbocycles. The lowest BCUT2D eigenvalue weighted by Gasteiger charge is -2.31. The minimum Gasteiger partial charge on any atom is -0.472 e. The largest absolute Gasteiger partial charge is 0.472 e. The summed E-state index contributed by atoms with van der Waals surface area (Å²) in [6.45, 7) is 2.56. The number of rotatable bonds is 3. The Morgan fingerprint density at radius 2 is 2.12 bits per heavy atom. The molecule has 3 rings (SSSR count). The van der Waals surface area contributed by atoms with E-state index in [0.29, 0.717) is 31.5 Å². The second-order valence-corrected chi connectivity index (χ2v) is 5.78. The van der Waals surface area contributed by atoms with E-state index in [0.717, 1.165) is 0 Å². The van der Waals surface area contributed by atoms with Gasteiger partial charge in [-0.05, 0) is 19.1 Å². The quantitative estimate of drug-likeness (QED) is 0.932. The molecule has 1 fully saturated rings. The summed E-state index contributed by atoms with van der Waals surface area (Å²) in [4.78, 5) is 32.8. The Kier molecular flexibility index (Phi) is 4.59. The standard InChI is InChI=1S/C17H18FN3O3/c1-11-9-19-10-13(15(11)22)17(23)21-7-4-12(5-8-21)24-16-14(18)3-2-6-20-16/h2-3,6,9-10,12H,4-5,7-8H2,1H3,(H,19,22). The van der Waals surface area contributed by atoms with Crippen LogP contribution in [0.15, 0.2) is 35.5 Å². The summed E-state index contributed by atoms with van der Waals surface area (Å²) in [7, 11) is 0. The number of likely N-dealkylation sites (tertiary alicyclic amines) is 1. The molecular weight excluding hydrogens is 313 g/mol. The number of hydrogen-bond acceptors (Lipinski definition) is 4. The van der Waals surface area contributed by atoms with Crippen molar-refractivity contribution in [3.63, 3.8) is 0 Å². The Morgan fingerprint density at radius 3 is 2.83 bits per heavy atom. The molecule has 2 aromatic heterocycles. The Bertz CT molecular complexity index is 798. The maximum absolute atomic E-state index is 13.6. The van der Waals surface area contributed by atoms with E-state index in [9.17, 15) is 14.0 Å². The van der Waals surface area contributed by atoms with Crippen molar-refractivity contribution >= 4 is 5.91 Å². The van der Waals surface area contributed by atoms with Crippen LogP contribution in [0.1, 0.15) is 28.8 Å². The molecule has 0 spiro atoms. The number of H-pyrrole nitrogens is 1. The van der Waals surface area contributed by atoms with E-state index < -0.39 is 5.82 Å². The predicted octanol–water partition coefficient (Wildman–Crippen LogP) is 1.90. The maximum Gasteiger partial charge on any atom is 0.259 e. The second-order valence-electron chi connectivity index (χ2n) is 5.78. The van der Waals surface area contributed by atoms with Gasteiger partial charge in [-0.2, -0.15) is 0 Å². The molecule has 126 valence electrons. The van der Waals surface area contributed by atoms with Gasteiger partial charge in [0.15, 0.2) is 11.2 Å². The average molecular weight is 331 g/mol. The molecule has 1 saturated heterocycles. The van der Waals surface area contributed by atoms with Gasteiger partial charge in [0.1, 0.15) is 11.7 Å². The Labute approximate surface area is 138 Å². The zero-order valence-corrected chi connectivity index (χ0v) is 13.3. The summed E-state index contributed by atoms with van der Waals surface area (Å²) >= 11 is 0. The monoisotopic (exact) mass is 331 g/mol. The fourth-order valence-electron chi connectivity index (χ4n) is 2.72. The van der Waals surface area contributed by atoms with Crippen LogP contribution in [0.5, 0.6) is 5.88 Å². The number of carbonyl (C=O) groups excluding carboxylic acids is 1. The van der Waals surface area contributed by atoms with Gasteiger partial charge in [-0.3, -0.25) is 9.59 Å². The summed E-state index contributed by atoms with van der Waals surface area (Å²) in [5.41, 5.74) is 0.391. The fourth-order valence-corrected chi connectivity index (χ4v) is 2.72. The Balaban J connectivity index is 1.63. The lowest BCUT2D eigenvalue weighted by atomic mass is 10.1. The molecule has 2 aromatic rings. The lowest BCUT2D eigenvalue weighted by Crippen LogP contribution is -2.43. The number of aryl methyl sites for hydroxylation is 1. The van der Waals surface area contributed by atoms with E-state index in [-0.39, 0.29) is 28.9 Å². The molecule has 0 atom stereocenters. The highest BCUT2D eigenvalue weighted by molar-refractivity contribution is 5.94. The summed E-state index contributed by atoms with van der Waals surface area (Å²) in [6.07, 6.45) is 5.40. The number of carbonyl (C=O) groups is 1. The molecule has 1 aliphatic heterocycles. The molecule has 0 unspecified atom stereocenters. The van der Waals surface area contributed by atoms with E-state index in [4.69, 9.17) is 4.74 Å². The first-order chi connectivity index (χ1) is 11.6. The molecule has 1 aliphatic rings. The number of hydrogen-bond donors (Lipinski definition) is 1. The molecule has 1 N–H and O–H groups in total. The number of nitrogens with zero attached hydrogens (tertiary/aromatic N) is 2. The number of pyridine rings is 2. The van der Waals surface area contributed by atoms with E-state index in [1.54, 1.807) is 18.0 Å². The highest BCUT2D eigenvalue weighted by Crippen LogP contribution is 2.20. The zero-order valence-electron chi connectivity index (χ0n) is 13.3. The minimum atomic E-state index is -0.498. The van der Waals surface area contributed by atoms with Gasteiger partial charge in [0, 0.05) is 50.1 Å². The Hall–Kier alpha value is -2.70. The third-order valence-corrected chi connectivity index (χ3v) is 4.09. The first-order valence-corrected chi connectivity index (χ1v) is 7.80. The van der Waals surface area contributed by atoms with Gasteiger partial charge >= 0.3 is 0 Å². The number of aromatic nitrogens is 2. The number of piperidine rings is 1. The van der Waals surface area contributed by atoms with Crippen molar-refractivity contribution < 1.29 is 13.9 Å². The molecule has 24 heavy (non-hydrogen) atoms. The van der Waals surface area contributed by atoms with Crippen molar-refractivity contribution in [3.05, 3.63) is 57.9 Å². The topological polar surface area (TPSA) is 75.3 Å². The van der Waals surface area contributed by atoms with Crippen LogP contribution in [0.3, 0.4) is 0 Å². The molecule has 1 amide bonds. The van der Waals surface area contributed by atoms with Crippen LogP contribution in [-0.2, 0) is 0 Å². The Morgan fingerprint density at radius 1 is 1.38 bits per heavy atom. The number of aromatic amines is 1. The lowest BCUT2D eigenvalue weighted by molar-refractivity contribution is 0.0578. The van der Waals surface area contributed by atoms with Crippen molar-refractivity contribution in [1.29, 1.82) is 0 Å². The van der Waals surface area contributed by atoms with E-state index in [1.165, 1.54) is 24.5 Å². The summed E-state index contributed by atoms with van der Waals surface area (Å²) < 4.78 is 19.1. The van der Waals surface area contributed by atoms with Crippen LogP contribution >= 0.6 is 0 Å². The fraction of sp³-hybridized carbons (Fsp3) is 0.353. The molecule has 0 aliphatic carbocycles. The smallest absolute Gasteiger partial charge is 0.259 e. The van der Waals surface area contributed by atoms with Gasteiger partial charge in [-0.25, -0.2) is 9.37 Å². The maximum atomic E-state index is 13.6. The van der Waals surface area contributed by atoms with Gasteiger partial charge in [-0.15, -0.1) is 0 Å². The van der Waals surface area contributed by atoms with Crippen LogP contribution in [0.4, 0.5) is 4.39 Å². The summed E-state index contributed by atoms with van der Waals surface area (Å²) in [5, 5.41) is 0. The van der Waals surface area contributed by atoms with E-state index in [2.05, 4.69) is 9.97 Å². The number of ether oxygens (including phenoxy) is 1. The van der Waals surface area contributed by atoms with Crippen LogP contribution in [-0.4, -0.2) is 40.0 Å². The molecule has 3 heterocycles. The zero-order chi connectivity index (χ0) is 17.1. The van der Waals surface area contributed by atoms with Gasteiger partial charge < -0.3 is 14.6 Å². The van der Waals surface area contributed by atoms with Gasteiger partial charge in [-0.1, -0.05) is 0 Å². The van der Waals surface area contributed by atoms with Crippen molar-refractivity contribution in [3.8, 4) is 5.88 Å². The number of amides is 1. The molecular formula is C17H18FN3O3. The molecule has 0 bridgehead atoms. The van der Waals surface area contributed by atoms with Gasteiger partial charge in [0.05, 0.1) is 0 Å². The minimum absolute atomic E-state index is 0.0163. The average Bonchev–Trinajstić information content (AvgIpc) is 2.59. The van der Waals surface area contributed by atoms with Crippen molar-refractivity contribution in [1.82, 2.24) is 14.9 Å². The number of halogens is 1. The van der Waals surface area contributed by atoms with E-state index in [1.807, 2.05) is 0 Å². The van der Waals surface area contributed by atoms with Crippen LogP contribution < -0.4 is 10.2 Å².